The van der Waals surface area contributed by atoms with E-state index in [4.69, 9.17) is 0 Å². The third-order valence-corrected chi connectivity index (χ3v) is 1.98. The summed E-state index contributed by atoms with van der Waals surface area (Å²) in [5.41, 5.74) is 0. The lowest BCUT2D eigenvalue weighted by Gasteiger charge is -2.08. The molecule has 0 aromatic carbocycles. The lowest BCUT2D eigenvalue weighted by Crippen LogP contribution is -2.21. The smallest absolute Gasteiger partial charge is 0.122 e. The molecule has 1 aromatic heterocycles. The normalized spacial score (nSPS) is 11.1. The topological polar surface area (TPSA) is 29.9 Å². The van der Waals surface area contributed by atoms with Gasteiger partial charge in [0.1, 0.15) is 5.82 Å². The summed E-state index contributed by atoms with van der Waals surface area (Å²) in [6.45, 7) is 9.47. The third kappa shape index (κ3) is 3.19. The molecule has 74 valence electrons. The Balaban J connectivity index is 2.36. The van der Waals surface area contributed by atoms with E-state index in [2.05, 4.69) is 35.6 Å². The van der Waals surface area contributed by atoms with E-state index < -0.39 is 0 Å². The van der Waals surface area contributed by atoms with Gasteiger partial charge in [-0.25, -0.2) is 4.98 Å². The van der Waals surface area contributed by atoms with Crippen LogP contribution in [0.3, 0.4) is 0 Å². The van der Waals surface area contributed by atoms with E-state index >= 15 is 0 Å². The summed E-state index contributed by atoms with van der Waals surface area (Å²) >= 11 is 0. The minimum Gasteiger partial charge on any atom is -0.334 e. The van der Waals surface area contributed by atoms with Crippen LogP contribution in [0, 0.1) is 5.92 Å². The number of hydrogen-bond donors (Lipinski definition) is 1. The van der Waals surface area contributed by atoms with Gasteiger partial charge < -0.3 is 9.88 Å². The molecule has 0 saturated heterocycles. The fraction of sp³-hybridized carbons (Fsp3) is 0.700. The highest BCUT2D eigenvalue weighted by Crippen LogP contribution is 1.97. The fourth-order valence-electron chi connectivity index (χ4n) is 1.27. The number of aromatic nitrogens is 2. The summed E-state index contributed by atoms with van der Waals surface area (Å²) in [5.74, 6) is 1.83. The Morgan fingerprint density at radius 1 is 1.54 bits per heavy atom. The van der Waals surface area contributed by atoms with Gasteiger partial charge in [0.25, 0.3) is 0 Å². The third-order valence-electron chi connectivity index (χ3n) is 1.98. The maximum atomic E-state index is 4.28. The molecule has 0 unspecified atom stereocenters. The Morgan fingerprint density at radius 3 is 2.92 bits per heavy atom. The summed E-state index contributed by atoms with van der Waals surface area (Å²) in [5, 5.41) is 3.38. The highest BCUT2D eigenvalue weighted by atomic mass is 15.1. The first kappa shape index (κ1) is 10.3. The number of imidazole rings is 1. The highest BCUT2D eigenvalue weighted by Gasteiger charge is 2.00. The van der Waals surface area contributed by atoms with E-state index in [0.29, 0.717) is 5.92 Å². The maximum Gasteiger partial charge on any atom is 0.122 e. The van der Waals surface area contributed by atoms with Gasteiger partial charge in [-0.3, -0.25) is 0 Å². The van der Waals surface area contributed by atoms with Crippen molar-refractivity contribution in [3.8, 4) is 0 Å². The van der Waals surface area contributed by atoms with Crippen LogP contribution in [-0.4, -0.2) is 16.1 Å². The van der Waals surface area contributed by atoms with Crippen LogP contribution >= 0.6 is 0 Å². The van der Waals surface area contributed by atoms with Crippen molar-refractivity contribution in [2.75, 3.05) is 6.54 Å². The van der Waals surface area contributed by atoms with Crippen LogP contribution in [0.15, 0.2) is 12.4 Å². The van der Waals surface area contributed by atoms with Crippen LogP contribution in [0.25, 0.3) is 0 Å². The number of nitrogens with zero attached hydrogens (tertiary/aromatic N) is 2. The predicted molar refractivity (Wildman–Crippen MR) is 54.4 cm³/mol. The van der Waals surface area contributed by atoms with E-state index in [1.165, 1.54) is 0 Å². The van der Waals surface area contributed by atoms with Crippen molar-refractivity contribution in [1.29, 1.82) is 0 Å². The average molecular weight is 181 g/mol. The standard InChI is InChI=1S/C10H19N3/c1-4-13-6-5-12-10(13)8-11-7-9(2)3/h5-6,9,11H,4,7-8H2,1-3H3. The van der Waals surface area contributed by atoms with Gasteiger partial charge in [0.2, 0.25) is 0 Å². The van der Waals surface area contributed by atoms with Gasteiger partial charge in [-0.1, -0.05) is 13.8 Å². The monoisotopic (exact) mass is 181 g/mol. The summed E-state index contributed by atoms with van der Waals surface area (Å²) in [6, 6.07) is 0. The Kier molecular flexibility index (Phi) is 3.96. The molecular formula is C10H19N3. The minimum absolute atomic E-state index is 0.699. The molecule has 1 rings (SSSR count). The number of nitrogens with one attached hydrogen (secondary N) is 1. The van der Waals surface area contributed by atoms with Gasteiger partial charge in [0.05, 0.1) is 6.54 Å². The second kappa shape index (κ2) is 5.02. The summed E-state index contributed by atoms with van der Waals surface area (Å²) in [6.07, 6.45) is 3.88. The lowest BCUT2D eigenvalue weighted by molar-refractivity contribution is 0.531. The molecule has 3 nitrogen and oxygen atoms in total. The van der Waals surface area contributed by atoms with Crippen LogP contribution < -0.4 is 5.32 Å². The van der Waals surface area contributed by atoms with Crippen LogP contribution in [-0.2, 0) is 13.1 Å². The Labute approximate surface area is 80.2 Å². The number of aryl methyl sites for hydroxylation is 1. The second-order valence-corrected chi connectivity index (χ2v) is 3.65. The second-order valence-electron chi connectivity index (χ2n) is 3.65. The molecule has 1 N–H and O–H groups in total. The van der Waals surface area contributed by atoms with Crippen molar-refractivity contribution in [3.05, 3.63) is 18.2 Å². The molecule has 0 spiro atoms. The molecule has 0 saturated carbocycles. The largest absolute Gasteiger partial charge is 0.334 e. The van der Waals surface area contributed by atoms with Crippen molar-refractivity contribution < 1.29 is 0 Å². The van der Waals surface area contributed by atoms with E-state index in [9.17, 15) is 0 Å². The molecule has 0 aliphatic rings. The predicted octanol–water partition coefficient (Wildman–Crippen LogP) is 1.65. The first-order valence-corrected chi connectivity index (χ1v) is 4.94. The Morgan fingerprint density at radius 2 is 2.31 bits per heavy atom. The molecular weight excluding hydrogens is 162 g/mol. The molecule has 0 fully saturated rings. The van der Waals surface area contributed by atoms with Gasteiger partial charge in [-0.05, 0) is 19.4 Å². The fourth-order valence-corrected chi connectivity index (χ4v) is 1.27. The summed E-state index contributed by atoms with van der Waals surface area (Å²) in [7, 11) is 0. The van der Waals surface area contributed by atoms with Crippen molar-refractivity contribution in [2.45, 2.75) is 33.9 Å². The van der Waals surface area contributed by atoms with Crippen molar-refractivity contribution in [3.63, 3.8) is 0 Å². The van der Waals surface area contributed by atoms with Crippen molar-refractivity contribution in [1.82, 2.24) is 14.9 Å². The average Bonchev–Trinajstić information content (AvgIpc) is 2.51. The molecule has 0 radical (unpaired) electrons. The van der Waals surface area contributed by atoms with E-state index in [0.717, 1.165) is 25.5 Å². The molecule has 1 aromatic rings. The van der Waals surface area contributed by atoms with E-state index in [1.807, 2.05) is 12.4 Å². The maximum absolute atomic E-state index is 4.28. The van der Waals surface area contributed by atoms with Crippen molar-refractivity contribution in [2.24, 2.45) is 5.92 Å². The lowest BCUT2D eigenvalue weighted by atomic mass is 10.2. The molecule has 0 aliphatic carbocycles. The van der Waals surface area contributed by atoms with Gasteiger partial charge >= 0.3 is 0 Å². The SMILES string of the molecule is CCn1ccnc1CNCC(C)C. The van der Waals surface area contributed by atoms with Crippen LogP contribution in [0.4, 0.5) is 0 Å². The first-order valence-electron chi connectivity index (χ1n) is 4.94. The van der Waals surface area contributed by atoms with Gasteiger partial charge in [0, 0.05) is 18.9 Å². The molecule has 0 atom stereocenters. The van der Waals surface area contributed by atoms with Crippen molar-refractivity contribution >= 4 is 0 Å². The molecule has 0 aliphatic heterocycles. The Bertz CT molecular complexity index is 240. The molecule has 3 heteroatoms. The number of hydrogen-bond acceptors (Lipinski definition) is 2. The zero-order valence-electron chi connectivity index (χ0n) is 8.75. The minimum atomic E-state index is 0.699. The highest BCUT2D eigenvalue weighted by molar-refractivity contribution is 4.91. The van der Waals surface area contributed by atoms with Crippen LogP contribution in [0.2, 0.25) is 0 Å². The van der Waals surface area contributed by atoms with Gasteiger partial charge in [0.15, 0.2) is 0 Å². The van der Waals surface area contributed by atoms with Crippen LogP contribution in [0.5, 0.6) is 0 Å². The van der Waals surface area contributed by atoms with E-state index in [-0.39, 0.29) is 0 Å². The molecule has 0 amide bonds. The van der Waals surface area contributed by atoms with E-state index in [1.54, 1.807) is 0 Å². The number of rotatable bonds is 5. The van der Waals surface area contributed by atoms with Gasteiger partial charge in [-0.2, -0.15) is 0 Å². The molecule has 1 heterocycles. The van der Waals surface area contributed by atoms with Crippen LogP contribution in [0.1, 0.15) is 26.6 Å². The van der Waals surface area contributed by atoms with Gasteiger partial charge in [-0.15, -0.1) is 0 Å². The zero-order valence-corrected chi connectivity index (χ0v) is 8.75. The summed E-state index contributed by atoms with van der Waals surface area (Å²) in [4.78, 5) is 4.28. The zero-order chi connectivity index (χ0) is 9.68. The first-order chi connectivity index (χ1) is 6.24. The molecule has 13 heavy (non-hydrogen) atoms. The summed E-state index contributed by atoms with van der Waals surface area (Å²) < 4.78 is 2.16. The molecule has 0 bridgehead atoms. The quantitative estimate of drug-likeness (QED) is 0.748. The Hall–Kier alpha value is -0.830.